The number of hydrazine groups is 1. The molecule has 3 N–H and O–H groups in total. The molecule has 2 bridgehead atoms. The molecule has 0 aliphatic heterocycles. The molecule has 0 amide bonds. The zero-order chi connectivity index (χ0) is 11.8. The molecule has 0 spiro atoms. The fourth-order valence-electron chi connectivity index (χ4n) is 3.89. The maximum absolute atomic E-state index is 5.70. The number of fused-ring (bicyclic) bond motifs is 2. The van der Waals surface area contributed by atoms with Gasteiger partial charge in [0.25, 0.3) is 0 Å². The number of nitrogens with zero attached hydrogens (tertiary/aromatic N) is 2. The van der Waals surface area contributed by atoms with E-state index in [0.717, 1.165) is 17.8 Å². The van der Waals surface area contributed by atoms with E-state index in [2.05, 4.69) is 16.7 Å². The third-order valence-corrected chi connectivity index (χ3v) is 4.75. The number of rotatable bonds is 4. The van der Waals surface area contributed by atoms with Gasteiger partial charge >= 0.3 is 0 Å². The molecule has 94 valence electrons. The zero-order valence-electron chi connectivity index (χ0n) is 10.5. The van der Waals surface area contributed by atoms with E-state index >= 15 is 0 Å². The van der Waals surface area contributed by atoms with Gasteiger partial charge in [0.15, 0.2) is 0 Å². The molecule has 2 aliphatic carbocycles. The van der Waals surface area contributed by atoms with Crippen LogP contribution >= 0.6 is 0 Å². The molecule has 0 radical (unpaired) electrons. The highest BCUT2D eigenvalue weighted by atomic mass is 15.3. The van der Waals surface area contributed by atoms with Crippen LogP contribution in [0.4, 0.5) is 0 Å². The van der Waals surface area contributed by atoms with Gasteiger partial charge in [-0.3, -0.25) is 16.0 Å². The Balaban J connectivity index is 1.66. The zero-order valence-corrected chi connectivity index (χ0v) is 10.5. The first-order valence-electron chi connectivity index (χ1n) is 6.71. The molecule has 0 saturated heterocycles. The Labute approximate surface area is 103 Å². The van der Waals surface area contributed by atoms with Crippen molar-refractivity contribution in [3.05, 3.63) is 18.0 Å². The highest BCUT2D eigenvalue weighted by molar-refractivity contribution is 5.10. The van der Waals surface area contributed by atoms with E-state index in [9.17, 15) is 0 Å². The summed E-state index contributed by atoms with van der Waals surface area (Å²) >= 11 is 0. The largest absolute Gasteiger partial charge is 0.275 e. The molecule has 4 heteroatoms. The van der Waals surface area contributed by atoms with Crippen LogP contribution in [0.1, 0.15) is 43.7 Å². The van der Waals surface area contributed by atoms with Crippen LogP contribution in [0.3, 0.4) is 0 Å². The van der Waals surface area contributed by atoms with E-state index in [1.165, 1.54) is 37.7 Å². The Hall–Kier alpha value is -0.870. The van der Waals surface area contributed by atoms with Gasteiger partial charge in [-0.05, 0) is 43.4 Å². The van der Waals surface area contributed by atoms with Gasteiger partial charge in [0, 0.05) is 24.8 Å². The molecule has 2 aliphatic rings. The monoisotopic (exact) mass is 234 g/mol. The first kappa shape index (κ1) is 11.2. The van der Waals surface area contributed by atoms with Crippen LogP contribution in [0.2, 0.25) is 0 Å². The lowest BCUT2D eigenvalue weighted by atomic mass is 9.83. The first-order chi connectivity index (χ1) is 8.26. The normalized spacial score (nSPS) is 33.2. The minimum Gasteiger partial charge on any atom is -0.275 e. The second kappa shape index (κ2) is 4.42. The Bertz CT molecular complexity index is 387. The van der Waals surface area contributed by atoms with Crippen molar-refractivity contribution in [2.45, 2.75) is 38.1 Å². The predicted molar refractivity (Wildman–Crippen MR) is 66.8 cm³/mol. The summed E-state index contributed by atoms with van der Waals surface area (Å²) in [6, 6.07) is 0.271. The third kappa shape index (κ3) is 2.11. The molecule has 17 heavy (non-hydrogen) atoms. The van der Waals surface area contributed by atoms with Crippen LogP contribution in [0.25, 0.3) is 0 Å². The number of hydrogen-bond acceptors (Lipinski definition) is 3. The van der Waals surface area contributed by atoms with Crippen molar-refractivity contribution < 1.29 is 0 Å². The van der Waals surface area contributed by atoms with Gasteiger partial charge in [0.05, 0.1) is 6.20 Å². The standard InChI is InChI=1S/C13H22N4/c1-17-8-12(7-15-17)13(16-14)6-11-5-9-2-3-10(11)4-9/h7-11,13,16H,2-6,14H2,1H3. The maximum atomic E-state index is 5.70. The van der Waals surface area contributed by atoms with Gasteiger partial charge in [-0.15, -0.1) is 0 Å². The smallest absolute Gasteiger partial charge is 0.0538 e. The average molecular weight is 234 g/mol. The topological polar surface area (TPSA) is 55.9 Å². The summed E-state index contributed by atoms with van der Waals surface area (Å²) in [5.74, 6) is 8.55. The van der Waals surface area contributed by atoms with E-state index in [4.69, 9.17) is 5.84 Å². The van der Waals surface area contributed by atoms with Gasteiger partial charge in [-0.1, -0.05) is 6.42 Å². The van der Waals surface area contributed by atoms with Gasteiger partial charge in [0.1, 0.15) is 0 Å². The van der Waals surface area contributed by atoms with Crippen molar-refractivity contribution >= 4 is 0 Å². The SMILES string of the molecule is Cn1cc(C(CC2CC3CCC2C3)NN)cn1. The summed E-state index contributed by atoms with van der Waals surface area (Å²) in [6.07, 6.45) is 11.0. The van der Waals surface area contributed by atoms with Gasteiger partial charge in [0.2, 0.25) is 0 Å². The Morgan fingerprint density at radius 3 is 2.94 bits per heavy atom. The fraction of sp³-hybridized carbons (Fsp3) is 0.769. The molecule has 1 aromatic rings. The molecule has 0 aromatic carbocycles. The molecule has 3 rings (SSSR count). The molecule has 1 aromatic heterocycles. The van der Waals surface area contributed by atoms with Crippen LogP contribution in [0.5, 0.6) is 0 Å². The van der Waals surface area contributed by atoms with E-state index in [1.54, 1.807) is 0 Å². The quantitative estimate of drug-likeness (QED) is 0.616. The van der Waals surface area contributed by atoms with Gasteiger partial charge in [-0.25, -0.2) is 0 Å². The minimum absolute atomic E-state index is 0.271. The number of nitrogens with two attached hydrogens (primary N) is 1. The summed E-state index contributed by atoms with van der Waals surface area (Å²) < 4.78 is 1.85. The van der Waals surface area contributed by atoms with E-state index in [1.807, 2.05) is 17.9 Å². The number of aromatic nitrogens is 2. The van der Waals surface area contributed by atoms with Crippen molar-refractivity contribution in [3.8, 4) is 0 Å². The maximum Gasteiger partial charge on any atom is 0.0538 e. The lowest BCUT2D eigenvalue weighted by molar-refractivity contribution is 0.280. The lowest BCUT2D eigenvalue weighted by Crippen LogP contribution is -2.30. The summed E-state index contributed by atoms with van der Waals surface area (Å²) in [5.41, 5.74) is 4.18. The second-order valence-electron chi connectivity index (χ2n) is 5.84. The molecule has 1 heterocycles. The molecule has 2 saturated carbocycles. The van der Waals surface area contributed by atoms with Crippen LogP contribution < -0.4 is 11.3 Å². The average Bonchev–Trinajstić information content (AvgIpc) is 3.01. The van der Waals surface area contributed by atoms with Gasteiger partial charge in [-0.2, -0.15) is 5.10 Å². The Kier molecular flexibility index (Phi) is 2.92. The third-order valence-electron chi connectivity index (χ3n) is 4.75. The lowest BCUT2D eigenvalue weighted by Gasteiger charge is -2.25. The van der Waals surface area contributed by atoms with Crippen molar-refractivity contribution in [3.63, 3.8) is 0 Å². The van der Waals surface area contributed by atoms with Crippen LogP contribution in [0.15, 0.2) is 12.4 Å². The molecule has 2 fully saturated rings. The van der Waals surface area contributed by atoms with Gasteiger partial charge < -0.3 is 0 Å². The summed E-state index contributed by atoms with van der Waals surface area (Å²) in [7, 11) is 1.95. The number of aryl methyl sites for hydroxylation is 1. The minimum atomic E-state index is 0.271. The van der Waals surface area contributed by atoms with Crippen molar-refractivity contribution in [2.24, 2.45) is 30.6 Å². The fourth-order valence-corrected chi connectivity index (χ4v) is 3.89. The summed E-state index contributed by atoms with van der Waals surface area (Å²) in [5, 5.41) is 4.23. The van der Waals surface area contributed by atoms with Crippen molar-refractivity contribution in [2.75, 3.05) is 0 Å². The summed E-state index contributed by atoms with van der Waals surface area (Å²) in [6.45, 7) is 0. The predicted octanol–water partition coefficient (Wildman–Crippen LogP) is 1.75. The molecular formula is C13H22N4. The Morgan fingerprint density at radius 2 is 2.41 bits per heavy atom. The highest BCUT2D eigenvalue weighted by Gasteiger charge is 2.40. The summed E-state index contributed by atoms with van der Waals surface area (Å²) in [4.78, 5) is 0. The van der Waals surface area contributed by atoms with Crippen LogP contribution in [-0.4, -0.2) is 9.78 Å². The second-order valence-corrected chi connectivity index (χ2v) is 5.84. The van der Waals surface area contributed by atoms with E-state index < -0.39 is 0 Å². The molecule has 4 atom stereocenters. The van der Waals surface area contributed by atoms with E-state index in [0.29, 0.717) is 0 Å². The number of nitrogens with one attached hydrogen (secondary N) is 1. The van der Waals surface area contributed by atoms with Crippen LogP contribution in [0, 0.1) is 17.8 Å². The highest BCUT2D eigenvalue weighted by Crippen LogP contribution is 2.50. The van der Waals surface area contributed by atoms with Crippen molar-refractivity contribution in [1.82, 2.24) is 15.2 Å². The molecule has 4 unspecified atom stereocenters. The Morgan fingerprint density at radius 1 is 1.53 bits per heavy atom. The van der Waals surface area contributed by atoms with Crippen molar-refractivity contribution in [1.29, 1.82) is 0 Å². The number of hydrogen-bond donors (Lipinski definition) is 2. The first-order valence-corrected chi connectivity index (χ1v) is 6.71. The van der Waals surface area contributed by atoms with Crippen LogP contribution in [-0.2, 0) is 7.05 Å². The molecule has 4 nitrogen and oxygen atoms in total. The molecular weight excluding hydrogens is 212 g/mol. The van der Waals surface area contributed by atoms with E-state index in [-0.39, 0.29) is 6.04 Å².